The van der Waals surface area contributed by atoms with Gasteiger partial charge in [-0.05, 0) is 30.7 Å². The van der Waals surface area contributed by atoms with Crippen LogP contribution in [0.4, 0.5) is 0 Å². The molecule has 1 rings (SSSR count). The van der Waals surface area contributed by atoms with E-state index in [1.54, 1.807) is 20.8 Å². The van der Waals surface area contributed by atoms with E-state index in [-0.39, 0.29) is 6.10 Å². The fourth-order valence-electron chi connectivity index (χ4n) is 1.30. The fourth-order valence-corrected chi connectivity index (χ4v) is 1.30. The minimum Gasteiger partial charge on any atom is -0.479 e. The topological polar surface area (TPSA) is 90.1 Å². The Labute approximate surface area is 93.4 Å². The molecule has 0 aliphatic carbocycles. The standard InChI is InChI=1S/C9H16N4O3/c1-5-9(3,8(14)15)13-7(6(2)16-4)10-11-12-13/h6H,5H2,1-4H3,(H,14,15). The van der Waals surface area contributed by atoms with E-state index in [0.717, 1.165) is 0 Å². The van der Waals surface area contributed by atoms with Crippen LogP contribution in [0.25, 0.3) is 0 Å². The molecule has 0 fully saturated rings. The Balaban J connectivity index is 3.21. The summed E-state index contributed by atoms with van der Waals surface area (Å²) in [5.74, 6) is -0.555. The van der Waals surface area contributed by atoms with Crippen molar-refractivity contribution in [2.75, 3.05) is 7.11 Å². The van der Waals surface area contributed by atoms with Gasteiger partial charge in [0.15, 0.2) is 11.4 Å². The van der Waals surface area contributed by atoms with E-state index in [2.05, 4.69) is 15.5 Å². The highest BCUT2D eigenvalue weighted by atomic mass is 16.5. The first-order chi connectivity index (χ1) is 7.47. The second-order valence-corrected chi connectivity index (χ2v) is 3.76. The van der Waals surface area contributed by atoms with Crippen molar-refractivity contribution in [2.24, 2.45) is 0 Å². The number of nitrogens with zero attached hydrogens (tertiary/aromatic N) is 4. The third kappa shape index (κ3) is 1.90. The maximum absolute atomic E-state index is 11.3. The number of ether oxygens (including phenoxy) is 1. The van der Waals surface area contributed by atoms with Crippen LogP contribution in [0.3, 0.4) is 0 Å². The first-order valence-electron chi connectivity index (χ1n) is 5.02. The number of rotatable bonds is 5. The largest absolute Gasteiger partial charge is 0.479 e. The van der Waals surface area contributed by atoms with Crippen molar-refractivity contribution in [3.05, 3.63) is 5.82 Å². The molecular formula is C9H16N4O3. The monoisotopic (exact) mass is 228 g/mol. The maximum atomic E-state index is 11.3. The van der Waals surface area contributed by atoms with Crippen molar-refractivity contribution >= 4 is 5.97 Å². The second kappa shape index (κ2) is 4.56. The summed E-state index contributed by atoms with van der Waals surface area (Å²) in [5, 5.41) is 20.3. The van der Waals surface area contributed by atoms with Gasteiger partial charge in [-0.2, -0.15) is 0 Å². The van der Waals surface area contributed by atoms with Gasteiger partial charge in [-0.3, -0.25) is 0 Å². The Morgan fingerprint density at radius 1 is 1.69 bits per heavy atom. The predicted octanol–water partition coefficient (Wildman–Crippen LogP) is 0.590. The van der Waals surface area contributed by atoms with Crippen LogP contribution >= 0.6 is 0 Å². The summed E-state index contributed by atoms with van der Waals surface area (Å²) in [7, 11) is 1.52. The molecule has 0 saturated heterocycles. The van der Waals surface area contributed by atoms with Gasteiger partial charge >= 0.3 is 5.97 Å². The molecule has 0 radical (unpaired) electrons. The molecule has 1 heterocycles. The fraction of sp³-hybridized carbons (Fsp3) is 0.778. The summed E-state index contributed by atoms with van der Waals surface area (Å²) in [6.45, 7) is 5.12. The second-order valence-electron chi connectivity index (χ2n) is 3.76. The Hall–Kier alpha value is -1.50. The Bertz CT molecular complexity index is 379. The highest BCUT2D eigenvalue weighted by Crippen LogP contribution is 2.24. The maximum Gasteiger partial charge on any atom is 0.331 e. The van der Waals surface area contributed by atoms with Gasteiger partial charge in [-0.25, -0.2) is 9.48 Å². The van der Waals surface area contributed by atoms with Crippen LogP contribution in [-0.4, -0.2) is 38.4 Å². The number of methoxy groups -OCH3 is 1. The van der Waals surface area contributed by atoms with Crippen LogP contribution in [0.5, 0.6) is 0 Å². The Morgan fingerprint density at radius 3 is 2.75 bits per heavy atom. The summed E-state index contributed by atoms with van der Waals surface area (Å²) in [4.78, 5) is 11.3. The van der Waals surface area contributed by atoms with Crippen molar-refractivity contribution in [1.82, 2.24) is 20.2 Å². The van der Waals surface area contributed by atoms with E-state index in [1.807, 2.05) is 0 Å². The van der Waals surface area contributed by atoms with Gasteiger partial charge in [0, 0.05) is 7.11 Å². The molecule has 0 saturated carbocycles. The summed E-state index contributed by atoms with van der Waals surface area (Å²) < 4.78 is 6.41. The average molecular weight is 228 g/mol. The molecule has 0 aliphatic heterocycles. The first kappa shape index (κ1) is 12.6. The number of hydrogen-bond acceptors (Lipinski definition) is 5. The van der Waals surface area contributed by atoms with E-state index in [4.69, 9.17) is 4.74 Å². The van der Waals surface area contributed by atoms with Crippen LogP contribution in [0.15, 0.2) is 0 Å². The molecule has 0 aliphatic rings. The number of carboxylic acid groups (broad SMARTS) is 1. The van der Waals surface area contributed by atoms with E-state index >= 15 is 0 Å². The number of aromatic nitrogens is 4. The van der Waals surface area contributed by atoms with Crippen molar-refractivity contribution in [2.45, 2.75) is 38.8 Å². The Morgan fingerprint density at radius 2 is 2.31 bits per heavy atom. The molecule has 16 heavy (non-hydrogen) atoms. The molecule has 2 atom stereocenters. The van der Waals surface area contributed by atoms with Crippen molar-refractivity contribution < 1.29 is 14.6 Å². The zero-order chi connectivity index (χ0) is 12.3. The number of hydrogen-bond donors (Lipinski definition) is 1. The number of carbonyl (C=O) groups is 1. The zero-order valence-corrected chi connectivity index (χ0v) is 9.84. The SMILES string of the molecule is CCC(C)(C(=O)O)n1nnnc1C(C)OC. The molecule has 1 aromatic heterocycles. The lowest BCUT2D eigenvalue weighted by Crippen LogP contribution is -2.40. The van der Waals surface area contributed by atoms with Crippen molar-refractivity contribution in [3.63, 3.8) is 0 Å². The smallest absolute Gasteiger partial charge is 0.331 e. The molecule has 0 amide bonds. The van der Waals surface area contributed by atoms with Gasteiger partial charge in [0.1, 0.15) is 6.10 Å². The van der Waals surface area contributed by atoms with E-state index in [0.29, 0.717) is 12.2 Å². The minimum atomic E-state index is -1.15. The van der Waals surface area contributed by atoms with Crippen LogP contribution in [0, 0.1) is 0 Å². The van der Waals surface area contributed by atoms with Gasteiger partial charge in [0.05, 0.1) is 0 Å². The van der Waals surface area contributed by atoms with Crippen molar-refractivity contribution in [3.8, 4) is 0 Å². The van der Waals surface area contributed by atoms with Gasteiger partial charge < -0.3 is 9.84 Å². The van der Waals surface area contributed by atoms with Gasteiger partial charge in [0.25, 0.3) is 0 Å². The quantitative estimate of drug-likeness (QED) is 0.793. The van der Waals surface area contributed by atoms with Crippen LogP contribution in [0.1, 0.15) is 39.1 Å². The highest BCUT2D eigenvalue weighted by Gasteiger charge is 2.37. The van der Waals surface area contributed by atoms with E-state index in [9.17, 15) is 9.90 Å². The van der Waals surface area contributed by atoms with Crippen LogP contribution in [-0.2, 0) is 15.1 Å². The predicted molar refractivity (Wildman–Crippen MR) is 54.8 cm³/mol. The zero-order valence-electron chi connectivity index (χ0n) is 9.84. The molecule has 2 unspecified atom stereocenters. The van der Waals surface area contributed by atoms with Gasteiger partial charge in [0.2, 0.25) is 0 Å². The molecular weight excluding hydrogens is 212 g/mol. The third-order valence-electron chi connectivity index (χ3n) is 2.83. The summed E-state index contributed by atoms with van der Waals surface area (Å²) in [6.07, 6.45) is 0.0387. The summed E-state index contributed by atoms with van der Waals surface area (Å²) in [6, 6.07) is 0. The number of aliphatic carboxylic acids is 1. The normalized spacial score (nSPS) is 16.8. The molecule has 90 valence electrons. The van der Waals surface area contributed by atoms with Gasteiger partial charge in [-0.1, -0.05) is 6.92 Å². The molecule has 7 heteroatoms. The summed E-state index contributed by atoms with van der Waals surface area (Å²) in [5.41, 5.74) is -1.15. The average Bonchev–Trinajstić information content (AvgIpc) is 2.75. The molecule has 1 N–H and O–H groups in total. The lowest BCUT2D eigenvalue weighted by molar-refractivity contribution is -0.147. The van der Waals surface area contributed by atoms with Crippen LogP contribution in [0.2, 0.25) is 0 Å². The van der Waals surface area contributed by atoms with Gasteiger partial charge in [-0.15, -0.1) is 5.10 Å². The first-order valence-corrected chi connectivity index (χ1v) is 5.02. The number of carboxylic acids is 1. The lowest BCUT2D eigenvalue weighted by Gasteiger charge is -2.25. The Kier molecular flexibility index (Phi) is 3.58. The lowest BCUT2D eigenvalue weighted by atomic mass is 9.99. The summed E-state index contributed by atoms with van der Waals surface area (Å²) >= 11 is 0. The highest BCUT2D eigenvalue weighted by molar-refractivity contribution is 5.76. The number of tetrazole rings is 1. The van der Waals surface area contributed by atoms with Crippen molar-refractivity contribution in [1.29, 1.82) is 0 Å². The van der Waals surface area contributed by atoms with E-state index < -0.39 is 11.5 Å². The third-order valence-corrected chi connectivity index (χ3v) is 2.83. The molecule has 0 bridgehead atoms. The molecule has 1 aromatic rings. The van der Waals surface area contributed by atoms with E-state index in [1.165, 1.54) is 11.8 Å². The molecule has 0 spiro atoms. The minimum absolute atomic E-state index is 0.347. The van der Waals surface area contributed by atoms with Crippen LogP contribution < -0.4 is 0 Å². The molecule has 7 nitrogen and oxygen atoms in total. The molecule has 0 aromatic carbocycles.